The standard InChI is InChI=1S/C14H24O2/c1-10(2)13-6-5-11(3)7-14(13)16-9-12(4)8-15/h8-11,13-14H,5-7H2,1-4H3/b12-9+/t11-,13+,14-/m0/s1. The molecule has 1 saturated carbocycles. The molecular formula is C14H24O2. The Labute approximate surface area is 99.1 Å². The van der Waals surface area contributed by atoms with Crippen LogP contribution >= 0.6 is 0 Å². The average molecular weight is 224 g/mol. The van der Waals surface area contributed by atoms with Crippen LogP contribution in [-0.2, 0) is 9.53 Å². The maximum absolute atomic E-state index is 10.5. The molecule has 16 heavy (non-hydrogen) atoms. The summed E-state index contributed by atoms with van der Waals surface area (Å²) in [5.74, 6) is 2.03. The van der Waals surface area contributed by atoms with Crippen LogP contribution in [0.5, 0.6) is 0 Å². The first kappa shape index (κ1) is 13.3. The van der Waals surface area contributed by atoms with Gasteiger partial charge in [-0.25, -0.2) is 0 Å². The maximum atomic E-state index is 10.5. The van der Waals surface area contributed by atoms with Crippen LogP contribution in [-0.4, -0.2) is 12.4 Å². The molecule has 1 fully saturated rings. The summed E-state index contributed by atoms with van der Waals surface area (Å²) in [5, 5.41) is 0. The van der Waals surface area contributed by atoms with Crippen molar-refractivity contribution in [3.8, 4) is 0 Å². The van der Waals surface area contributed by atoms with Crippen molar-refractivity contribution < 1.29 is 9.53 Å². The SMILES string of the molecule is C/C(C=O)=C\O[C@H]1C[C@@H](C)CC[C@@H]1C(C)C. The van der Waals surface area contributed by atoms with Crippen molar-refractivity contribution in [1.82, 2.24) is 0 Å². The lowest BCUT2D eigenvalue weighted by Crippen LogP contribution is -2.33. The Morgan fingerprint density at radius 1 is 1.38 bits per heavy atom. The van der Waals surface area contributed by atoms with Gasteiger partial charge in [-0.1, -0.05) is 27.2 Å². The summed E-state index contributed by atoms with van der Waals surface area (Å²) in [4.78, 5) is 10.5. The van der Waals surface area contributed by atoms with Crippen molar-refractivity contribution in [3.05, 3.63) is 11.8 Å². The molecule has 0 N–H and O–H groups in total. The third-order valence-electron chi connectivity index (χ3n) is 3.58. The van der Waals surface area contributed by atoms with E-state index in [0.717, 1.165) is 18.6 Å². The van der Waals surface area contributed by atoms with E-state index < -0.39 is 0 Å². The van der Waals surface area contributed by atoms with Gasteiger partial charge in [-0.05, 0) is 37.5 Å². The third-order valence-corrected chi connectivity index (χ3v) is 3.58. The van der Waals surface area contributed by atoms with Crippen molar-refractivity contribution in [3.63, 3.8) is 0 Å². The smallest absolute Gasteiger partial charge is 0.148 e. The molecule has 0 aromatic carbocycles. The number of ether oxygens (including phenoxy) is 1. The lowest BCUT2D eigenvalue weighted by molar-refractivity contribution is -0.105. The molecular weight excluding hydrogens is 200 g/mol. The second-order valence-electron chi connectivity index (χ2n) is 5.48. The Balaban J connectivity index is 2.61. The molecule has 0 saturated heterocycles. The summed E-state index contributed by atoms with van der Waals surface area (Å²) in [7, 11) is 0. The zero-order valence-corrected chi connectivity index (χ0v) is 10.9. The Bertz CT molecular complexity index is 255. The fraction of sp³-hybridized carbons (Fsp3) is 0.786. The topological polar surface area (TPSA) is 26.3 Å². The van der Waals surface area contributed by atoms with E-state index in [9.17, 15) is 4.79 Å². The second-order valence-corrected chi connectivity index (χ2v) is 5.48. The van der Waals surface area contributed by atoms with Gasteiger partial charge < -0.3 is 4.74 Å². The number of carbonyl (C=O) groups is 1. The highest BCUT2D eigenvalue weighted by Crippen LogP contribution is 2.35. The summed E-state index contributed by atoms with van der Waals surface area (Å²) in [6.45, 7) is 8.58. The van der Waals surface area contributed by atoms with E-state index in [-0.39, 0.29) is 0 Å². The first-order chi connectivity index (χ1) is 7.54. The van der Waals surface area contributed by atoms with Crippen LogP contribution in [0.2, 0.25) is 0 Å². The Hall–Kier alpha value is -0.790. The maximum Gasteiger partial charge on any atom is 0.148 e. The molecule has 1 rings (SSSR count). The number of allylic oxidation sites excluding steroid dienone is 1. The fourth-order valence-corrected chi connectivity index (χ4v) is 2.49. The van der Waals surface area contributed by atoms with Crippen molar-refractivity contribution in [2.24, 2.45) is 17.8 Å². The van der Waals surface area contributed by atoms with Gasteiger partial charge in [0.2, 0.25) is 0 Å². The number of hydrogen-bond donors (Lipinski definition) is 0. The summed E-state index contributed by atoms with van der Waals surface area (Å²) in [6, 6.07) is 0. The molecule has 0 aliphatic heterocycles. The highest BCUT2D eigenvalue weighted by atomic mass is 16.5. The largest absolute Gasteiger partial charge is 0.497 e. The van der Waals surface area contributed by atoms with E-state index in [2.05, 4.69) is 20.8 Å². The monoisotopic (exact) mass is 224 g/mol. The minimum absolute atomic E-state index is 0.290. The van der Waals surface area contributed by atoms with E-state index in [1.165, 1.54) is 12.8 Å². The van der Waals surface area contributed by atoms with Crippen molar-refractivity contribution in [1.29, 1.82) is 0 Å². The van der Waals surface area contributed by atoms with Gasteiger partial charge in [-0.3, -0.25) is 4.79 Å². The normalized spacial score (nSPS) is 31.6. The minimum atomic E-state index is 0.290. The predicted octanol–water partition coefficient (Wildman–Crippen LogP) is 3.57. The molecule has 1 aliphatic rings. The van der Waals surface area contributed by atoms with Gasteiger partial charge in [0.25, 0.3) is 0 Å². The molecule has 2 nitrogen and oxygen atoms in total. The van der Waals surface area contributed by atoms with Gasteiger partial charge in [0, 0.05) is 5.57 Å². The van der Waals surface area contributed by atoms with E-state index in [1.54, 1.807) is 13.2 Å². The van der Waals surface area contributed by atoms with Crippen LogP contribution in [0.1, 0.15) is 47.0 Å². The van der Waals surface area contributed by atoms with E-state index in [4.69, 9.17) is 4.74 Å². The zero-order chi connectivity index (χ0) is 12.1. The van der Waals surface area contributed by atoms with Crippen molar-refractivity contribution in [2.75, 3.05) is 0 Å². The fourth-order valence-electron chi connectivity index (χ4n) is 2.49. The first-order valence-corrected chi connectivity index (χ1v) is 6.32. The Morgan fingerprint density at radius 3 is 2.62 bits per heavy atom. The molecule has 0 amide bonds. The Morgan fingerprint density at radius 2 is 2.06 bits per heavy atom. The van der Waals surface area contributed by atoms with Gasteiger partial charge in [0.05, 0.1) is 6.26 Å². The van der Waals surface area contributed by atoms with Crippen LogP contribution in [0.15, 0.2) is 11.8 Å². The number of hydrogen-bond acceptors (Lipinski definition) is 2. The highest BCUT2D eigenvalue weighted by molar-refractivity contribution is 5.71. The van der Waals surface area contributed by atoms with Gasteiger partial charge in [0.15, 0.2) is 0 Å². The van der Waals surface area contributed by atoms with Crippen LogP contribution < -0.4 is 0 Å². The van der Waals surface area contributed by atoms with Crippen molar-refractivity contribution >= 4 is 6.29 Å². The quantitative estimate of drug-likeness (QED) is 0.414. The van der Waals surface area contributed by atoms with Gasteiger partial charge >= 0.3 is 0 Å². The van der Waals surface area contributed by atoms with Crippen LogP contribution in [0.3, 0.4) is 0 Å². The minimum Gasteiger partial charge on any atom is -0.497 e. The molecule has 0 radical (unpaired) electrons. The number of aldehydes is 1. The van der Waals surface area contributed by atoms with Crippen LogP contribution in [0.25, 0.3) is 0 Å². The molecule has 0 unspecified atom stereocenters. The van der Waals surface area contributed by atoms with E-state index in [0.29, 0.717) is 23.5 Å². The van der Waals surface area contributed by atoms with Gasteiger partial charge in [-0.2, -0.15) is 0 Å². The first-order valence-electron chi connectivity index (χ1n) is 6.32. The zero-order valence-electron chi connectivity index (χ0n) is 10.9. The molecule has 1 aliphatic carbocycles. The highest BCUT2D eigenvalue weighted by Gasteiger charge is 2.31. The third kappa shape index (κ3) is 3.66. The molecule has 0 bridgehead atoms. The molecule has 0 aromatic heterocycles. The van der Waals surface area contributed by atoms with Crippen LogP contribution in [0, 0.1) is 17.8 Å². The summed E-state index contributed by atoms with van der Waals surface area (Å²) in [6.07, 6.45) is 6.43. The molecule has 3 atom stereocenters. The summed E-state index contributed by atoms with van der Waals surface area (Å²) in [5.41, 5.74) is 0.667. The molecule has 0 heterocycles. The summed E-state index contributed by atoms with van der Waals surface area (Å²) >= 11 is 0. The average Bonchev–Trinajstić information content (AvgIpc) is 2.25. The van der Waals surface area contributed by atoms with Gasteiger partial charge in [-0.15, -0.1) is 0 Å². The summed E-state index contributed by atoms with van der Waals surface area (Å²) < 4.78 is 5.79. The number of carbonyl (C=O) groups excluding carboxylic acids is 1. The lowest BCUT2D eigenvalue weighted by Gasteiger charge is -2.36. The predicted molar refractivity (Wildman–Crippen MR) is 66.0 cm³/mol. The number of rotatable bonds is 4. The Kier molecular flexibility index (Phi) is 5.04. The molecule has 0 spiro atoms. The van der Waals surface area contributed by atoms with Crippen LogP contribution in [0.4, 0.5) is 0 Å². The lowest BCUT2D eigenvalue weighted by atomic mass is 9.75. The van der Waals surface area contributed by atoms with E-state index in [1.807, 2.05) is 0 Å². The van der Waals surface area contributed by atoms with E-state index >= 15 is 0 Å². The van der Waals surface area contributed by atoms with Gasteiger partial charge in [0.1, 0.15) is 12.4 Å². The van der Waals surface area contributed by atoms with Crippen molar-refractivity contribution in [2.45, 2.75) is 53.1 Å². The molecule has 92 valence electrons. The molecule has 0 aromatic rings. The second kappa shape index (κ2) is 6.07. The molecule has 2 heteroatoms.